The fourth-order valence-corrected chi connectivity index (χ4v) is 1.11. The van der Waals surface area contributed by atoms with Gasteiger partial charge in [0.25, 0.3) is 0 Å². The minimum absolute atomic E-state index is 0.191. The number of hydrogen-bond donors (Lipinski definition) is 1. The largest absolute Gasteiger partial charge is 0.369 e. The molecular formula is C2H8NOP2+. The van der Waals surface area contributed by atoms with Crippen LogP contribution in [0.1, 0.15) is 0 Å². The molecule has 0 heterocycles. The molecule has 1 amide bonds. The summed E-state index contributed by atoms with van der Waals surface area (Å²) in [6, 6.07) is 0. The van der Waals surface area contributed by atoms with Crippen LogP contribution in [0.4, 0.5) is 0 Å². The second kappa shape index (κ2) is 3.52. The van der Waals surface area contributed by atoms with E-state index in [2.05, 4.69) is 0 Å². The molecule has 0 aromatic heterocycles. The Labute approximate surface area is 40.7 Å². The topological polar surface area (TPSA) is 43.1 Å². The summed E-state index contributed by atoms with van der Waals surface area (Å²) >= 11 is 0. The first kappa shape index (κ1) is 6.33. The Hall–Kier alpha value is 0.330. The summed E-state index contributed by atoms with van der Waals surface area (Å²) in [6.07, 6.45) is 0.554. The summed E-state index contributed by atoms with van der Waals surface area (Å²) in [4.78, 5) is 9.83. The van der Waals surface area contributed by atoms with E-state index in [1.54, 1.807) is 8.93 Å². The zero-order valence-corrected chi connectivity index (χ0v) is 5.81. The van der Waals surface area contributed by atoms with E-state index in [0.29, 0.717) is 14.4 Å². The van der Waals surface area contributed by atoms with Crippen LogP contribution in [0.3, 0.4) is 0 Å². The lowest BCUT2D eigenvalue weighted by Crippen LogP contribution is -2.11. The lowest BCUT2D eigenvalue weighted by molar-refractivity contribution is -0.115. The lowest BCUT2D eigenvalue weighted by Gasteiger charge is -1.77. The van der Waals surface area contributed by atoms with Gasteiger partial charge in [-0.25, -0.2) is 0 Å². The van der Waals surface area contributed by atoms with E-state index >= 15 is 0 Å². The van der Waals surface area contributed by atoms with Gasteiger partial charge in [-0.2, -0.15) is 0 Å². The molecule has 0 aliphatic carbocycles. The van der Waals surface area contributed by atoms with Crippen LogP contribution in [0, 0.1) is 0 Å². The first-order valence-electron chi connectivity index (χ1n) is 1.55. The summed E-state index contributed by atoms with van der Waals surface area (Å²) in [5.41, 5.74) is 4.78. The van der Waals surface area contributed by atoms with Crippen molar-refractivity contribution in [2.24, 2.45) is 5.73 Å². The average Bonchev–Trinajstić information content (AvgIpc) is 1.35. The Morgan fingerprint density at radius 3 is 2.50 bits per heavy atom. The molecule has 0 aliphatic heterocycles. The van der Waals surface area contributed by atoms with Crippen LogP contribution in [0.15, 0.2) is 0 Å². The van der Waals surface area contributed by atoms with Crippen LogP contribution in [-0.2, 0) is 4.79 Å². The molecule has 4 heteroatoms. The molecule has 0 saturated carbocycles. The van der Waals surface area contributed by atoms with Gasteiger partial charge in [0.1, 0.15) is 0 Å². The van der Waals surface area contributed by atoms with Gasteiger partial charge in [-0.05, 0) is 8.93 Å². The molecule has 2 N–H and O–H groups in total. The highest BCUT2D eigenvalue weighted by Crippen LogP contribution is 2.17. The van der Waals surface area contributed by atoms with Crippen molar-refractivity contribution in [3.8, 4) is 0 Å². The van der Waals surface area contributed by atoms with Gasteiger partial charge in [0, 0.05) is 8.27 Å². The summed E-state index contributed by atoms with van der Waals surface area (Å²) < 4.78 is 0. The minimum atomic E-state index is -0.191. The van der Waals surface area contributed by atoms with Crippen LogP contribution in [0.25, 0.3) is 0 Å². The van der Waals surface area contributed by atoms with Crippen molar-refractivity contribution in [2.75, 3.05) is 6.16 Å². The van der Waals surface area contributed by atoms with E-state index in [1.807, 2.05) is 0 Å². The van der Waals surface area contributed by atoms with E-state index in [4.69, 9.17) is 5.73 Å². The van der Waals surface area contributed by atoms with Gasteiger partial charge in [-0.1, -0.05) is 0 Å². The standard InChI is InChI=1S/C2H7NOP2/c3-2(4)1-6-5/h6H,1,5H2,(H2,3,4)/p+1. The van der Waals surface area contributed by atoms with Crippen molar-refractivity contribution < 1.29 is 4.79 Å². The number of carbonyl (C=O) groups excluding carboxylic acids is 1. The van der Waals surface area contributed by atoms with Gasteiger partial charge < -0.3 is 5.73 Å². The van der Waals surface area contributed by atoms with Gasteiger partial charge in [0.05, 0.1) is 6.16 Å². The van der Waals surface area contributed by atoms with Gasteiger partial charge in [0.2, 0.25) is 5.91 Å². The van der Waals surface area contributed by atoms with E-state index in [-0.39, 0.29) is 5.91 Å². The molecule has 0 radical (unpaired) electrons. The maximum Gasteiger partial charge on any atom is 0.225 e. The molecule has 0 aliphatic rings. The molecule has 0 spiro atoms. The number of amides is 1. The maximum absolute atomic E-state index is 9.83. The second-order valence-corrected chi connectivity index (χ2v) is 3.25. The van der Waals surface area contributed by atoms with Gasteiger partial charge in [-0.15, -0.1) is 0 Å². The predicted molar refractivity (Wildman–Crippen MR) is 33.5 cm³/mol. The zero-order chi connectivity index (χ0) is 4.99. The SMILES string of the molecule is NC(=O)CP[PH3+]. The van der Waals surface area contributed by atoms with Gasteiger partial charge in [0.15, 0.2) is 0 Å². The molecule has 0 fully saturated rings. The summed E-state index contributed by atoms with van der Waals surface area (Å²) in [5.74, 6) is -0.191. The van der Waals surface area contributed by atoms with Crippen LogP contribution in [-0.4, -0.2) is 12.1 Å². The van der Waals surface area contributed by atoms with Crippen molar-refractivity contribution in [2.45, 2.75) is 0 Å². The predicted octanol–water partition coefficient (Wildman–Crippen LogP) is -0.327. The Morgan fingerprint density at radius 1 is 2.00 bits per heavy atom. The molecule has 0 rings (SSSR count). The summed E-state index contributed by atoms with van der Waals surface area (Å²) in [7, 11) is 2.47. The Kier molecular flexibility index (Phi) is 3.71. The zero-order valence-electron chi connectivity index (χ0n) is 3.40. The van der Waals surface area contributed by atoms with E-state index < -0.39 is 0 Å². The molecule has 2 atom stereocenters. The van der Waals surface area contributed by atoms with Crippen LogP contribution >= 0.6 is 17.2 Å². The molecule has 0 saturated heterocycles. The third kappa shape index (κ3) is 4.33. The van der Waals surface area contributed by atoms with E-state index in [1.165, 1.54) is 0 Å². The summed E-state index contributed by atoms with van der Waals surface area (Å²) in [6.45, 7) is 0. The highest BCUT2D eigenvalue weighted by atomic mass is 32.0. The van der Waals surface area contributed by atoms with Crippen molar-refractivity contribution in [1.82, 2.24) is 0 Å². The van der Waals surface area contributed by atoms with Crippen molar-refractivity contribution in [3.63, 3.8) is 0 Å². The Morgan fingerprint density at radius 2 is 2.50 bits per heavy atom. The Balaban J connectivity index is 2.83. The second-order valence-electron chi connectivity index (χ2n) is 0.893. The third-order valence-corrected chi connectivity index (χ3v) is 1.65. The molecular weight excluding hydrogens is 116 g/mol. The van der Waals surface area contributed by atoms with Crippen molar-refractivity contribution in [1.29, 1.82) is 0 Å². The number of hydrogen-bond acceptors (Lipinski definition) is 1. The number of rotatable bonds is 2. The van der Waals surface area contributed by atoms with Crippen molar-refractivity contribution >= 4 is 23.1 Å². The van der Waals surface area contributed by atoms with E-state index in [9.17, 15) is 4.79 Å². The molecule has 6 heavy (non-hydrogen) atoms. The van der Waals surface area contributed by atoms with Gasteiger partial charge in [-0.3, -0.25) is 4.79 Å². The average molecular weight is 124 g/mol. The Bertz CT molecular complexity index is 55.5. The first-order valence-corrected chi connectivity index (χ1v) is 5.09. The highest BCUT2D eigenvalue weighted by Gasteiger charge is 1.88. The number of nitrogens with two attached hydrogens (primary N) is 1. The van der Waals surface area contributed by atoms with Crippen molar-refractivity contribution in [3.05, 3.63) is 0 Å². The fraction of sp³-hybridized carbons (Fsp3) is 0.500. The fourth-order valence-electron chi connectivity index (χ4n) is 0.123. The molecule has 36 valence electrons. The monoisotopic (exact) mass is 124 g/mol. The smallest absolute Gasteiger partial charge is 0.225 e. The van der Waals surface area contributed by atoms with Gasteiger partial charge >= 0.3 is 0 Å². The molecule has 2 nitrogen and oxygen atoms in total. The molecule has 0 aromatic carbocycles. The maximum atomic E-state index is 9.83. The first-order chi connectivity index (χ1) is 2.77. The number of carbonyl (C=O) groups is 1. The number of primary amides is 1. The molecule has 2 unspecified atom stereocenters. The normalized spacial score (nSPS) is 10.7. The molecule has 0 aromatic rings. The lowest BCUT2D eigenvalue weighted by atomic mass is 10.8. The van der Waals surface area contributed by atoms with Crippen LogP contribution in [0.2, 0.25) is 0 Å². The minimum Gasteiger partial charge on any atom is -0.369 e. The van der Waals surface area contributed by atoms with Crippen LogP contribution in [0.5, 0.6) is 0 Å². The summed E-state index contributed by atoms with van der Waals surface area (Å²) in [5, 5.41) is 0. The van der Waals surface area contributed by atoms with Crippen LogP contribution < -0.4 is 5.73 Å². The third-order valence-electron chi connectivity index (χ3n) is 0.299. The van der Waals surface area contributed by atoms with E-state index in [0.717, 1.165) is 0 Å². The quantitative estimate of drug-likeness (QED) is 0.503. The highest BCUT2D eigenvalue weighted by molar-refractivity contribution is 8.03. The molecule has 0 bridgehead atoms.